The van der Waals surface area contributed by atoms with Crippen molar-refractivity contribution >= 4 is 38.5 Å². The van der Waals surface area contributed by atoms with Crippen LogP contribution < -0.4 is 10.6 Å². The van der Waals surface area contributed by atoms with Gasteiger partial charge in [-0.3, -0.25) is 14.9 Å². The first-order valence-corrected chi connectivity index (χ1v) is 12.0. The fourth-order valence-corrected chi connectivity index (χ4v) is 4.73. The third-order valence-corrected chi connectivity index (χ3v) is 6.64. The molecule has 2 N–H and O–H groups in total. The summed E-state index contributed by atoms with van der Waals surface area (Å²) >= 11 is 1.50. The molecule has 29 heavy (non-hydrogen) atoms. The van der Waals surface area contributed by atoms with Crippen molar-refractivity contribution in [3.05, 3.63) is 49.7 Å². The summed E-state index contributed by atoms with van der Waals surface area (Å²) in [5.41, 5.74) is 1.07. The van der Waals surface area contributed by atoms with Crippen molar-refractivity contribution in [1.82, 2.24) is 5.32 Å². The third kappa shape index (κ3) is 6.01. The molecule has 1 heterocycles. The van der Waals surface area contributed by atoms with E-state index in [-0.39, 0.29) is 35.3 Å². The summed E-state index contributed by atoms with van der Waals surface area (Å²) in [6, 6.07) is 5.63. The maximum atomic E-state index is 12.4. The van der Waals surface area contributed by atoms with E-state index >= 15 is 0 Å². The molecule has 0 radical (unpaired) electrons. The second-order valence-corrected chi connectivity index (χ2v) is 9.71. The number of aryl methyl sites for hydroxylation is 2. The van der Waals surface area contributed by atoms with Crippen LogP contribution in [0.3, 0.4) is 0 Å². The van der Waals surface area contributed by atoms with Crippen molar-refractivity contribution in [3.63, 3.8) is 0 Å². The van der Waals surface area contributed by atoms with Crippen LogP contribution in [0.5, 0.6) is 0 Å². The van der Waals surface area contributed by atoms with Gasteiger partial charge in [-0.05, 0) is 36.6 Å². The minimum absolute atomic E-state index is 0.115. The Bertz CT molecular complexity index is 999. The van der Waals surface area contributed by atoms with Gasteiger partial charge in [0, 0.05) is 30.3 Å². The highest BCUT2D eigenvalue weighted by molar-refractivity contribution is 7.90. The topological polar surface area (TPSA) is 118 Å². The Labute approximate surface area is 174 Å². The molecular weight excluding hydrogens is 414 g/mol. The van der Waals surface area contributed by atoms with Gasteiger partial charge in [-0.15, -0.1) is 11.3 Å². The maximum Gasteiger partial charge on any atom is 0.293 e. The maximum absolute atomic E-state index is 12.4. The van der Waals surface area contributed by atoms with Crippen LogP contribution in [-0.2, 0) is 22.7 Å². The number of hydrogen-bond donors (Lipinski definition) is 2. The van der Waals surface area contributed by atoms with E-state index in [1.54, 1.807) is 0 Å². The highest BCUT2D eigenvalue weighted by Gasteiger charge is 2.18. The number of amides is 1. The fourth-order valence-electron chi connectivity index (χ4n) is 2.82. The number of nitro benzene ring substituents is 1. The van der Waals surface area contributed by atoms with E-state index < -0.39 is 14.8 Å². The number of benzene rings is 1. The van der Waals surface area contributed by atoms with Crippen LogP contribution in [-0.4, -0.2) is 38.6 Å². The Morgan fingerprint density at radius 1 is 1.21 bits per heavy atom. The van der Waals surface area contributed by atoms with Crippen molar-refractivity contribution in [2.24, 2.45) is 0 Å². The van der Waals surface area contributed by atoms with Gasteiger partial charge in [0.2, 0.25) is 0 Å². The number of rotatable bonds is 10. The van der Waals surface area contributed by atoms with E-state index in [0.29, 0.717) is 4.88 Å². The van der Waals surface area contributed by atoms with Crippen molar-refractivity contribution in [1.29, 1.82) is 0 Å². The van der Waals surface area contributed by atoms with Crippen LogP contribution in [0, 0.1) is 10.1 Å². The van der Waals surface area contributed by atoms with Crippen molar-refractivity contribution in [3.8, 4) is 0 Å². The van der Waals surface area contributed by atoms with E-state index in [4.69, 9.17) is 0 Å². The molecule has 0 aliphatic heterocycles. The van der Waals surface area contributed by atoms with E-state index in [2.05, 4.69) is 24.5 Å². The molecule has 0 spiro atoms. The third-order valence-electron chi connectivity index (χ3n) is 4.30. The van der Waals surface area contributed by atoms with Crippen LogP contribution in [0.2, 0.25) is 0 Å². The van der Waals surface area contributed by atoms with Gasteiger partial charge in [0.05, 0.1) is 14.7 Å². The SMILES string of the molecule is CCCc1sc(C(=O)NCCNc2ccc(S(C)(=O)=O)cc2[N+](=O)[O-])cc1CC. The zero-order valence-electron chi connectivity index (χ0n) is 16.6. The molecule has 8 nitrogen and oxygen atoms in total. The number of carbonyl (C=O) groups excluding carboxylic acids is 1. The molecule has 0 aliphatic carbocycles. The fraction of sp³-hybridized carbons (Fsp3) is 0.421. The molecular formula is C19H25N3O5S2. The summed E-state index contributed by atoms with van der Waals surface area (Å²) in [6.45, 7) is 4.70. The molecule has 0 atom stereocenters. The Kier molecular flexibility index (Phi) is 7.74. The van der Waals surface area contributed by atoms with Gasteiger partial charge in [0.25, 0.3) is 11.6 Å². The molecule has 2 rings (SSSR count). The molecule has 0 aliphatic rings. The average Bonchev–Trinajstić information content (AvgIpc) is 3.07. The smallest absolute Gasteiger partial charge is 0.293 e. The van der Waals surface area contributed by atoms with E-state index in [1.807, 2.05) is 6.07 Å². The average molecular weight is 440 g/mol. The largest absolute Gasteiger partial charge is 0.378 e. The molecule has 1 aromatic carbocycles. The Hall–Kier alpha value is -2.46. The zero-order valence-corrected chi connectivity index (χ0v) is 18.3. The number of hydrogen-bond acceptors (Lipinski definition) is 7. The lowest BCUT2D eigenvalue weighted by Gasteiger charge is -2.09. The first kappa shape index (κ1) is 22.8. The molecule has 10 heteroatoms. The van der Waals surface area contributed by atoms with Gasteiger partial charge in [-0.2, -0.15) is 0 Å². The Morgan fingerprint density at radius 2 is 1.93 bits per heavy atom. The second-order valence-electron chi connectivity index (χ2n) is 6.55. The molecule has 158 valence electrons. The summed E-state index contributed by atoms with van der Waals surface area (Å²) in [5, 5.41) is 16.9. The molecule has 0 bridgehead atoms. The lowest BCUT2D eigenvalue weighted by Crippen LogP contribution is -2.28. The summed E-state index contributed by atoms with van der Waals surface area (Å²) < 4.78 is 23.2. The number of thiophene rings is 1. The normalized spacial score (nSPS) is 11.3. The predicted octanol–water partition coefficient (Wildman–Crippen LogP) is 3.42. The van der Waals surface area contributed by atoms with Crippen molar-refractivity contribution in [2.45, 2.75) is 38.0 Å². The molecule has 1 amide bonds. The van der Waals surface area contributed by atoms with Crippen LogP contribution >= 0.6 is 11.3 Å². The first-order valence-electron chi connectivity index (χ1n) is 9.29. The summed E-state index contributed by atoms with van der Waals surface area (Å²) in [5.74, 6) is -0.171. The zero-order chi connectivity index (χ0) is 21.6. The van der Waals surface area contributed by atoms with Gasteiger partial charge in [0.1, 0.15) is 5.69 Å². The minimum Gasteiger partial charge on any atom is -0.378 e. The second kappa shape index (κ2) is 9.84. The number of carbonyl (C=O) groups is 1. The molecule has 0 saturated heterocycles. The molecule has 0 saturated carbocycles. The van der Waals surface area contributed by atoms with Crippen LogP contribution in [0.15, 0.2) is 29.2 Å². The first-order chi connectivity index (χ1) is 13.7. The Balaban J connectivity index is 1.98. The highest BCUT2D eigenvalue weighted by atomic mass is 32.2. The number of nitrogens with zero attached hydrogens (tertiary/aromatic N) is 1. The molecule has 0 fully saturated rings. The van der Waals surface area contributed by atoms with E-state index in [0.717, 1.165) is 31.6 Å². The minimum atomic E-state index is -3.54. The van der Waals surface area contributed by atoms with E-state index in [1.165, 1.54) is 33.9 Å². The van der Waals surface area contributed by atoms with Gasteiger partial charge in [0.15, 0.2) is 9.84 Å². The lowest BCUT2D eigenvalue weighted by molar-refractivity contribution is -0.384. The summed E-state index contributed by atoms with van der Waals surface area (Å²) in [4.78, 5) is 24.8. The summed E-state index contributed by atoms with van der Waals surface area (Å²) in [6.07, 6.45) is 3.86. The van der Waals surface area contributed by atoms with Crippen molar-refractivity contribution in [2.75, 3.05) is 24.7 Å². The van der Waals surface area contributed by atoms with Crippen LogP contribution in [0.4, 0.5) is 11.4 Å². The van der Waals surface area contributed by atoms with Gasteiger partial charge >= 0.3 is 0 Å². The summed E-state index contributed by atoms with van der Waals surface area (Å²) in [7, 11) is -3.54. The van der Waals surface area contributed by atoms with Crippen LogP contribution in [0.1, 0.15) is 40.4 Å². The highest BCUT2D eigenvalue weighted by Crippen LogP contribution is 2.27. The number of nitrogens with one attached hydrogen (secondary N) is 2. The number of sulfone groups is 1. The number of anilines is 1. The van der Waals surface area contributed by atoms with Crippen molar-refractivity contribution < 1.29 is 18.1 Å². The van der Waals surface area contributed by atoms with Gasteiger partial charge in [-0.1, -0.05) is 20.3 Å². The Morgan fingerprint density at radius 3 is 2.52 bits per heavy atom. The molecule has 2 aromatic rings. The lowest BCUT2D eigenvalue weighted by atomic mass is 10.1. The monoisotopic (exact) mass is 439 g/mol. The predicted molar refractivity (Wildman–Crippen MR) is 115 cm³/mol. The number of nitro groups is 1. The molecule has 0 unspecified atom stereocenters. The van der Waals surface area contributed by atoms with Gasteiger partial charge in [-0.25, -0.2) is 8.42 Å². The van der Waals surface area contributed by atoms with Crippen LogP contribution in [0.25, 0.3) is 0 Å². The standard InChI is InChI=1S/C19H25N3O5S2/c1-4-6-17-13(5-2)11-18(28-17)19(23)21-10-9-20-15-8-7-14(29(3,26)27)12-16(15)22(24)25/h7-8,11-12,20H,4-6,9-10H2,1-3H3,(H,21,23). The van der Waals surface area contributed by atoms with Gasteiger partial charge < -0.3 is 10.6 Å². The quantitative estimate of drug-likeness (QED) is 0.333. The van der Waals surface area contributed by atoms with E-state index in [9.17, 15) is 23.3 Å². The molecule has 1 aromatic heterocycles.